The number of hydrogen-bond acceptors (Lipinski definition) is 3. The van der Waals surface area contributed by atoms with E-state index < -0.39 is 0 Å². The summed E-state index contributed by atoms with van der Waals surface area (Å²) >= 11 is 0. The molecule has 1 atom stereocenters. The highest BCUT2D eigenvalue weighted by atomic mass is 16.2. The first-order chi connectivity index (χ1) is 10.9. The first-order valence-electron chi connectivity index (χ1n) is 8.21. The van der Waals surface area contributed by atoms with E-state index in [0.29, 0.717) is 23.4 Å². The summed E-state index contributed by atoms with van der Waals surface area (Å²) in [5.41, 5.74) is 3.08. The van der Waals surface area contributed by atoms with Crippen molar-refractivity contribution < 1.29 is 4.79 Å². The Labute approximate surface area is 135 Å². The van der Waals surface area contributed by atoms with Crippen LogP contribution in [0.4, 0.5) is 0 Å². The van der Waals surface area contributed by atoms with E-state index in [0.717, 1.165) is 36.3 Å². The van der Waals surface area contributed by atoms with Crippen LogP contribution in [0.25, 0.3) is 11.0 Å². The molecule has 1 amide bonds. The minimum Gasteiger partial charge on any atom is -0.342 e. The van der Waals surface area contributed by atoms with E-state index in [9.17, 15) is 9.59 Å². The van der Waals surface area contributed by atoms with Gasteiger partial charge in [0.1, 0.15) is 0 Å². The van der Waals surface area contributed by atoms with Crippen molar-refractivity contribution in [2.24, 2.45) is 13.0 Å². The van der Waals surface area contributed by atoms with Crippen molar-refractivity contribution in [3.63, 3.8) is 0 Å². The Balaban J connectivity index is 1.95. The van der Waals surface area contributed by atoms with Gasteiger partial charge in [0, 0.05) is 25.8 Å². The van der Waals surface area contributed by atoms with Crippen LogP contribution in [0.1, 0.15) is 36.6 Å². The summed E-state index contributed by atoms with van der Waals surface area (Å²) in [6.07, 6.45) is 2.58. The Morgan fingerprint density at radius 1 is 1.39 bits per heavy atom. The fourth-order valence-corrected chi connectivity index (χ4v) is 3.59. The predicted molar refractivity (Wildman–Crippen MR) is 89.5 cm³/mol. The fourth-order valence-electron chi connectivity index (χ4n) is 3.59. The zero-order valence-electron chi connectivity index (χ0n) is 14.3. The van der Waals surface area contributed by atoms with Gasteiger partial charge in [0.2, 0.25) is 5.91 Å². The van der Waals surface area contributed by atoms with Crippen molar-refractivity contribution in [3.05, 3.63) is 27.2 Å². The van der Waals surface area contributed by atoms with Crippen molar-refractivity contribution in [2.45, 2.75) is 40.0 Å². The van der Waals surface area contributed by atoms with Gasteiger partial charge >= 0.3 is 0 Å². The fraction of sp³-hybridized carbons (Fsp3) is 0.588. The zero-order chi connectivity index (χ0) is 16.7. The number of carbonyl (C=O) groups excluding carboxylic acids is 1. The van der Waals surface area contributed by atoms with Gasteiger partial charge in [-0.15, -0.1) is 0 Å². The summed E-state index contributed by atoms with van der Waals surface area (Å²) < 4.78 is 1.63. The topological polar surface area (TPSA) is 71.0 Å². The highest BCUT2D eigenvalue weighted by Crippen LogP contribution is 2.22. The standard InChI is InChI=1S/C17H24N4O2/c1-10-6-5-7-21(9-10)14(22)8-13-11(2)15-16(18-12(13)3)20(4)19-17(15)23/h10H,5-9H2,1-4H3,(H,19,23)/t10-/m0/s1. The summed E-state index contributed by atoms with van der Waals surface area (Å²) in [6, 6.07) is 0. The van der Waals surface area contributed by atoms with Crippen molar-refractivity contribution in [1.29, 1.82) is 0 Å². The van der Waals surface area contributed by atoms with E-state index in [1.54, 1.807) is 11.7 Å². The molecule has 1 N–H and O–H groups in total. The molecule has 0 bridgehead atoms. The van der Waals surface area contributed by atoms with Gasteiger partial charge in [-0.3, -0.25) is 19.4 Å². The van der Waals surface area contributed by atoms with Gasteiger partial charge < -0.3 is 4.90 Å². The molecule has 2 aromatic heterocycles. The molecular formula is C17H24N4O2. The Kier molecular flexibility index (Phi) is 4.00. The molecule has 1 aliphatic heterocycles. The van der Waals surface area contributed by atoms with Crippen LogP contribution in [-0.4, -0.2) is 38.7 Å². The average molecular weight is 316 g/mol. The van der Waals surface area contributed by atoms with Crippen molar-refractivity contribution in [2.75, 3.05) is 13.1 Å². The molecule has 6 heteroatoms. The predicted octanol–water partition coefficient (Wildman–Crippen LogP) is 1.68. The molecule has 0 spiro atoms. The number of pyridine rings is 1. The van der Waals surface area contributed by atoms with Gasteiger partial charge in [0.25, 0.3) is 5.56 Å². The van der Waals surface area contributed by atoms with Gasteiger partial charge in [0.15, 0.2) is 5.65 Å². The van der Waals surface area contributed by atoms with Crippen LogP contribution in [0.2, 0.25) is 0 Å². The van der Waals surface area contributed by atoms with Gasteiger partial charge in [-0.2, -0.15) is 0 Å². The third-order valence-corrected chi connectivity index (χ3v) is 4.91. The minimum absolute atomic E-state index is 0.135. The van der Waals surface area contributed by atoms with Gasteiger partial charge in [-0.25, -0.2) is 4.98 Å². The number of nitrogens with one attached hydrogen (secondary N) is 1. The highest BCUT2D eigenvalue weighted by Gasteiger charge is 2.23. The zero-order valence-corrected chi connectivity index (χ0v) is 14.3. The molecule has 1 fully saturated rings. The number of piperidine rings is 1. The number of hydrogen-bond donors (Lipinski definition) is 1. The van der Waals surface area contributed by atoms with Crippen molar-refractivity contribution in [3.8, 4) is 0 Å². The lowest BCUT2D eigenvalue weighted by atomic mass is 9.98. The summed E-state index contributed by atoms with van der Waals surface area (Å²) in [6.45, 7) is 7.67. The van der Waals surface area contributed by atoms with Crippen LogP contribution in [0.3, 0.4) is 0 Å². The number of aromatic amines is 1. The Morgan fingerprint density at radius 3 is 2.83 bits per heavy atom. The number of fused-ring (bicyclic) bond motifs is 1. The quantitative estimate of drug-likeness (QED) is 0.916. The number of amides is 1. The lowest BCUT2D eigenvalue weighted by Gasteiger charge is -2.31. The monoisotopic (exact) mass is 316 g/mol. The molecule has 0 aromatic carbocycles. The Hall–Kier alpha value is -2.11. The molecule has 0 saturated carbocycles. The molecule has 1 saturated heterocycles. The summed E-state index contributed by atoms with van der Waals surface area (Å²) in [5.74, 6) is 0.698. The Morgan fingerprint density at radius 2 is 2.13 bits per heavy atom. The number of aryl methyl sites for hydroxylation is 3. The van der Waals surface area contributed by atoms with Gasteiger partial charge in [-0.05, 0) is 43.7 Å². The maximum absolute atomic E-state index is 12.7. The minimum atomic E-state index is -0.146. The second-order valence-corrected chi connectivity index (χ2v) is 6.76. The lowest BCUT2D eigenvalue weighted by molar-refractivity contribution is -0.132. The number of likely N-dealkylation sites (tertiary alicyclic amines) is 1. The van der Waals surface area contributed by atoms with Crippen LogP contribution >= 0.6 is 0 Å². The van der Waals surface area contributed by atoms with Crippen LogP contribution in [0, 0.1) is 19.8 Å². The van der Waals surface area contributed by atoms with Gasteiger partial charge in [-0.1, -0.05) is 6.92 Å². The Bertz CT molecular complexity index is 818. The highest BCUT2D eigenvalue weighted by molar-refractivity contribution is 5.84. The van der Waals surface area contributed by atoms with E-state index in [-0.39, 0.29) is 11.5 Å². The summed E-state index contributed by atoms with van der Waals surface area (Å²) in [5, 5.41) is 3.33. The van der Waals surface area contributed by atoms with Crippen LogP contribution in [0.15, 0.2) is 4.79 Å². The third-order valence-electron chi connectivity index (χ3n) is 4.91. The SMILES string of the molecule is Cc1nc2c(c(C)c1CC(=O)N1CCC[C@H](C)C1)c(=O)[nH]n2C. The van der Waals surface area contributed by atoms with E-state index >= 15 is 0 Å². The maximum atomic E-state index is 12.7. The van der Waals surface area contributed by atoms with E-state index in [1.807, 2.05) is 18.7 Å². The molecule has 2 aromatic rings. The second-order valence-electron chi connectivity index (χ2n) is 6.76. The molecular weight excluding hydrogens is 292 g/mol. The normalized spacial score (nSPS) is 18.6. The third kappa shape index (κ3) is 2.78. The van der Waals surface area contributed by atoms with E-state index in [2.05, 4.69) is 17.0 Å². The van der Waals surface area contributed by atoms with Crippen LogP contribution in [0.5, 0.6) is 0 Å². The molecule has 0 radical (unpaired) electrons. The average Bonchev–Trinajstić information content (AvgIpc) is 2.77. The molecule has 0 aliphatic carbocycles. The van der Waals surface area contributed by atoms with Crippen molar-refractivity contribution >= 4 is 16.9 Å². The number of H-pyrrole nitrogens is 1. The molecule has 0 unspecified atom stereocenters. The molecule has 124 valence electrons. The van der Waals surface area contributed by atoms with Crippen LogP contribution < -0.4 is 5.56 Å². The number of rotatable bonds is 2. The number of carbonyl (C=O) groups is 1. The number of nitrogens with zero attached hydrogens (tertiary/aromatic N) is 3. The summed E-state index contributed by atoms with van der Waals surface area (Å²) in [7, 11) is 1.77. The lowest BCUT2D eigenvalue weighted by Crippen LogP contribution is -2.40. The van der Waals surface area contributed by atoms with Crippen molar-refractivity contribution in [1.82, 2.24) is 19.7 Å². The molecule has 3 rings (SSSR count). The molecule has 23 heavy (non-hydrogen) atoms. The van der Waals surface area contributed by atoms with E-state index in [4.69, 9.17) is 0 Å². The largest absolute Gasteiger partial charge is 0.342 e. The molecule has 3 heterocycles. The first kappa shape index (κ1) is 15.8. The first-order valence-corrected chi connectivity index (χ1v) is 8.21. The smallest absolute Gasteiger partial charge is 0.273 e. The van der Waals surface area contributed by atoms with E-state index in [1.165, 1.54) is 6.42 Å². The molecule has 1 aliphatic rings. The van der Waals surface area contributed by atoms with Gasteiger partial charge in [0.05, 0.1) is 11.8 Å². The van der Waals surface area contributed by atoms with Crippen LogP contribution in [-0.2, 0) is 18.3 Å². The molecule has 6 nitrogen and oxygen atoms in total. The summed E-state index contributed by atoms with van der Waals surface area (Å²) in [4.78, 5) is 31.2. The maximum Gasteiger partial charge on any atom is 0.273 e. The second kappa shape index (κ2) is 5.83. The number of aromatic nitrogens is 3.